The van der Waals surface area contributed by atoms with E-state index < -0.39 is 27.1 Å². The molecule has 1 aromatic rings. The lowest BCUT2D eigenvalue weighted by atomic mass is 9.92. The largest absolute Gasteiger partial charge is 0.493 e. The summed E-state index contributed by atoms with van der Waals surface area (Å²) in [7, 11) is -3.43. The van der Waals surface area contributed by atoms with Crippen LogP contribution in [0.1, 0.15) is 28.8 Å². The third kappa shape index (κ3) is 2.71. The predicted octanol–water partition coefficient (Wildman–Crippen LogP) is 0.639. The summed E-state index contributed by atoms with van der Waals surface area (Å²) in [6.07, 6.45) is 1.40. The van der Waals surface area contributed by atoms with E-state index in [9.17, 15) is 13.2 Å². The number of rotatable bonds is 3. The van der Waals surface area contributed by atoms with E-state index in [-0.39, 0.29) is 0 Å². The molecule has 1 heterocycles. The zero-order valence-electron chi connectivity index (χ0n) is 10.4. The number of fused-ring (bicyclic) bond motifs is 1. The third-order valence-electron chi connectivity index (χ3n) is 3.16. The monoisotopic (exact) mass is 285 g/mol. The fourth-order valence-corrected chi connectivity index (χ4v) is 2.73. The van der Waals surface area contributed by atoms with Crippen molar-refractivity contribution >= 4 is 15.8 Å². The molecule has 0 saturated heterocycles. The van der Waals surface area contributed by atoms with Crippen LogP contribution in [-0.2, 0) is 14.6 Å². The average molecular weight is 285 g/mol. The molecular weight excluding hydrogens is 270 g/mol. The Morgan fingerprint density at radius 1 is 1.53 bits per heavy atom. The Kier molecular flexibility index (Phi) is 3.51. The molecule has 3 N–H and O–H groups in total. The van der Waals surface area contributed by atoms with E-state index in [1.807, 2.05) is 0 Å². The minimum Gasteiger partial charge on any atom is -0.493 e. The molecule has 104 valence electrons. The molecule has 1 aliphatic heterocycles. The molecule has 1 aliphatic rings. The molecule has 0 radical (unpaired) electrons. The van der Waals surface area contributed by atoms with E-state index in [1.54, 1.807) is 12.1 Å². The van der Waals surface area contributed by atoms with Crippen LogP contribution in [0.25, 0.3) is 0 Å². The lowest BCUT2D eigenvalue weighted by molar-refractivity contribution is -0.139. The second-order valence-corrected chi connectivity index (χ2v) is 6.74. The van der Waals surface area contributed by atoms with Gasteiger partial charge >= 0.3 is 5.97 Å². The van der Waals surface area contributed by atoms with E-state index in [4.69, 9.17) is 15.6 Å². The highest BCUT2D eigenvalue weighted by molar-refractivity contribution is 7.90. The SMILES string of the molecule is CS(=O)(=O)C(N)c1ccc2c(c1)[C@@H](C(=O)O)CCO2. The van der Waals surface area contributed by atoms with Crippen LogP contribution in [0.3, 0.4) is 0 Å². The molecule has 1 aromatic carbocycles. The van der Waals surface area contributed by atoms with E-state index in [2.05, 4.69) is 0 Å². The Bertz CT molecular complexity index is 611. The number of sulfone groups is 1. The summed E-state index contributed by atoms with van der Waals surface area (Å²) in [5.74, 6) is -1.16. The molecule has 0 spiro atoms. The molecule has 0 bridgehead atoms. The molecule has 0 aromatic heterocycles. The fourth-order valence-electron chi connectivity index (χ4n) is 2.09. The summed E-state index contributed by atoms with van der Waals surface area (Å²) in [5.41, 5.74) is 6.51. The van der Waals surface area contributed by atoms with Crippen molar-refractivity contribution < 1.29 is 23.1 Å². The quantitative estimate of drug-likeness (QED) is 0.844. The first-order chi connectivity index (χ1) is 8.80. The Labute approximate surface area is 111 Å². The van der Waals surface area contributed by atoms with Crippen molar-refractivity contribution in [3.05, 3.63) is 29.3 Å². The van der Waals surface area contributed by atoms with E-state index in [0.717, 1.165) is 6.26 Å². The van der Waals surface area contributed by atoms with Crippen LogP contribution in [0.2, 0.25) is 0 Å². The molecule has 0 amide bonds. The highest BCUT2D eigenvalue weighted by atomic mass is 32.2. The lowest BCUT2D eigenvalue weighted by Gasteiger charge is -2.24. The molecule has 7 heteroatoms. The van der Waals surface area contributed by atoms with Crippen molar-refractivity contribution in [1.82, 2.24) is 0 Å². The molecule has 1 unspecified atom stereocenters. The van der Waals surface area contributed by atoms with Crippen LogP contribution in [0, 0.1) is 0 Å². The fraction of sp³-hybridized carbons (Fsp3) is 0.417. The van der Waals surface area contributed by atoms with Gasteiger partial charge in [-0.25, -0.2) is 8.42 Å². The molecule has 6 nitrogen and oxygen atoms in total. The first-order valence-electron chi connectivity index (χ1n) is 5.74. The smallest absolute Gasteiger partial charge is 0.311 e. The van der Waals surface area contributed by atoms with Crippen molar-refractivity contribution in [2.75, 3.05) is 12.9 Å². The topological polar surface area (TPSA) is 107 Å². The summed E-state index contributed by atoms with van der Waals surface area (Å²) in [4.78, 5) is 11.2. The van der Waals surface area contributed by atoms with Crippen molar-refractivity contribution in [1.29, 1.82) is 0 Å². The highest BCUT2D eigenvalue weighted by Gasteiger charge is 2.29. The minimum atomic E-state index is -3.43. The van der Waals surface area contributed by atoms with Gasteiger partial charge in [-0.3, -0.25) is 4.79 Å². The number of nitrogens with two attached hydrogens (primary N) is 1. The van der Waals surface area contributed by atoms with Crippen molar-refractivity contribution in [3.8, 4) is 5.75 Å². The van der Waals surface area contributed by atoms with Gasteiger partial charge in [-0.1, -0.05) is 6.07 Å². The minimum absolute atomic E-state index is 0.335. The van der Waals surface area contributed by atoms with Gasteiger partial charge in [-0.05, 0) is 24.1 Å². The van der Waals surface area contributed by atoms with E-state index >= 15 is 0 Å². The Morgan fingerprint density at radius 2 is 2.21 bits per heavy atom. The zero-order valence-corrected chi connectivity index (χ0v) is 11.2. The van der Waals surface area contributed by atoms with Gasteiger partial charge in [0.05, 0.1) is 12.5 Å². The standard InChI is InChI=1S/C12H15NO5S/c1-19(16,17)11(13)7-2-3-10-9(6-7)8(12(14)15)4-5-18-10/h2-3,6,8,11H,4-5,13H2,1H3,(H,14,15)/t8-,11?/m0/s1. The van der Waals surface area contributed by atoms with Gasteiger partial charge < -0.3 is 15.6 Å². The van der Waals surface area contributed by atoms with E-state index in [1.165, 1.54) is 6.07 Å². The van der Waals surface area contributed by atoms with E-state index in [0.29, 0.717) is 29.9 Å². The Balaban J connectivity index is 2.47. The third-order valence-corrected chi connectivity index (χ3v) is 4.36. The first-order valence-corrected chi connectivity index (χ1v) is 7.70. The van der Waals surface area contributed by atoms with Crippen LogP contribution in [0.4, 0.5) is 0 Å². The van der Waals surface area contributed by atoms with Gasteiger partial charge in [0.2, 0.25) is 0 Å². The lowest BCUT2D eigenvalue weighted by Crippen LogP contribution is -2.24. The van der Waals surface area contributed by atoms with Crippen molar-refractivity contribution in [2.45, 2.75) is 17.7 Å². The van der Waals surface area contributed by atoms with Crippen LogP contribution < -0.4 is 10.5 Å². The normalized spacial score (nSPS) is 20.2. The van der Waals surface area contributed by atoms with Crippen LogP contribution >= 0.6 is 0 Å². The Hall–Kier alpha value is -1.60. The molecule has 0 aliphatic carbocycles. The maximum absolute atomic E-state index is 11.4. The van der Waals surface area contributed by atoms with Gasteiger partial charge in [0, 0.05) is 11.8 Å². The zero-order chi connectivity index (χ0) is 14.2. The number of aliphatic carboxylic acids is 1. The molecule has 0 fully saturated rings. The van der Waals surface area contributed by atoms with Crippen molar-refractivity contribution in [2.24, 2.45) is 5.73 Å². The van der Waals surface area contributed by atoms with Crippen molar-refractivity contribution in [3.63, 3.8) is 0 Å². The summed E-state index contributed by atoms with van der Waals surface area (Å²) < 4.78 is 28.3. The number of hydrogen-bond donors (Lipinski definition) is 2. The number of benzene rings is 1. The van der Waals surface area contributed by atoms with Crippen LogP contribution in [0.15, 0.2) is 18.2 Å². The number of carboxylic acid groups (broad SMARTS) is 1. The summed E-state index contributed by atoms with van der Waals surface area (Å²) >= 11 is 0. The van der Waals surface area contributed by atoms with Gasteiger partial charge in [0.15, 0.2) is 9.84 Å². The summed E-state index contributed by atoms with van der Waals surface area (Å²) in [6.45, 7) is 0.335. The second kappa shape index (κ2) is 4.82. The number of ether oxygens (including phenoxy) is 1. The summed E-state index contributed by atoms with van der Waals surface area (Å²) in [5, 5.41) is 8.01. The first kappa shape index (κ1) is 13.8. The van der Waals surface area contributed by atoms with Gasteiger partial charge in [0.1, 0.15) is 11.1 Å². The summed E-state index contributed by atoms with van der Waals surface area (Å²) in [6, 6.07) is 4.64. The maximum Gasteiger partial charge on any atom is 0.311 e. The predicted molar refractivity (Wildman–Crippen MR) is 68.7 cm³/mol. The maximum atomic E-state index is 11.4. The molecule has 2 rings (SSSR count). The highest BCUT2D eigenvalue weighted by Crippen LogP contribution is 2.35. The molecule has 0 saturated carbocycles. The molecule has 19 heavy (non-hydrogen) atoms. The molecule has 2 atom stereocenters. The molecular formula is C12H15NO5S. The van der Waals surface area contributed by atoms with Gasteiger partial charge in [-0.2, -0.15) is 0 Å². The van der Waals surface area contributed by atoms with Gasteiger partial charge in [0.25, 0.3) is 0 Å². The van der Waals surface area contributed by atoms with Crippen LogP contribution in [0.5, 0.6) is 5.75 Å². The Morgan fingerprint density at radius 3 is 2.79 bits per heavy atom. The number of hydrogen-bond acceptors (Lipinski definition) is 5. The number of carboxylic acids is 1. The van der Waals surface area contributed by atoms with Crippen LogP contribution in [-0.4, -0.2) is 32.4 Å². The second-order valence-electron chi connectivity index (χ2n) is 4.58. The average Bonchev–Trinajstić information content (AvgIpc) is 2.35. The van der Waals surface area contributed by atoms with Gasteiger partial charge in [-0.15, -0.1) is 0 Å². The number of carbonyl (C=O) groups is 1.